The number of nitrogen functional groups attached to an aromatic ring is 1. The van der Waals surface area contributed by atoms with E-state index >= 15 is 0 Å². The lowest BCUT2D eigenvalue weighted by molar-refractivity contribution is -0.120. The van der Waals surface area contributed by atoms with Crippen LogP contribution in [0.2, 0.25) is 0 Å². The Labute approximate surface area is 300 Å². The Hall–Kier alpha value is -4.13. The number of carbonyl (C=O) groups is 1. The molecule has 4 atom stereocenters. The molecule has 0 aliphatic heterocycles. The van der Waals surface area contributed by atoms with E-state index in [1.54, 1.807) is 4.57 Å². The van der Waals surface area contributed by atoms with Crippen LogP contribution in [-0.2, 0) is 18.4 Å². The summed E-state index contributed by atoms with van der Waals surface area (Å²) in [6, 6.07) is -0.426. The molecule has 0 spiro atoms. The van der Waals surface area contributed by atoms with Crippen molar-refractivity contribution in [3.63, 3.8) is 0 Å². The third-order valence-corrected chi connectivity index (χ3v) is 9.75. The Balaban J connectivity index is 1.26. The minimum atomic E-state index is -3.73. The number of fused-ring (bicyclic) bond motifs is 1. The van der Waals surface area contributed by atoms with E-state index < -0.39 is 31.4 Å². The predicted octanol–water partition coefficient (Wildman–Crippen LogP) is 6.13. The molecule has 0 saturated heterocycles. The number of aliphatic hydroxyl groups excluding tert-OH is 1. The van der Waals surface area contributed by atoms with Crippen LogP contribution >= 0.6 is 7.75 Å². The maximum Gasteiger partial charge on any atom is 0.405 e. The third-order valence-electron chi connectivity index (χ3n) is 8.17. The second-order valence-corrected chi connectivity index (χ2v) is 13.9. The zero-order valence-corrected chi connectivity index (χ0v) is 30.7. The van der Waals surface area contributed by atoms with E-state index in [1.165, 1.54) is 13.4 Å². The molecule has 3 rings (SSSR count). The molecule has 14 heteroatoms. The lowest BCUT2D eigenvalue weighted by Crippen LogP contribution is -2.31. The summed E-state index contributed by atoms with van der Waals surface area (Å²) < 4.78 is 25.5. The monoisotopic (exact) mass is 723 g/mol. The minimum Gasteiger partial charge on any atom is -0.392 e. The molecular formula is C37H54N7O6P. The molecule has 1 saturated carbocycles. The summed E-state index contributed by atoms with van der Waals surface area (Å²) in [5.74, 6) is -0.733. The molecule has 1 aliphatic carbocycles. The molecule has 1 amide bonds. The Morgan fingerprint density at radius 1 is 1.04 bits per heavy atom. The van der Waals surface area contributed by atoms with Crippen LogP contribution in [-0.4, -0.2) is 63.4 Å². The van der Waals surface area contributed by atoms with Crippen molar-refractivity contribution in [2.75, 3.05) is 32.5 Å². The van der Waals surface area contributed by atoms with Crippen LogP contribution in [0.3, 0.4) is 0 Å². The van der Waals surface area contributed by atoms with Crippen molar-refractivity contribution >= 4 is 30.8 Å². The SMILES string of the molecule is C=C1C(n2cnc3c(=O)[nH]c(N)nc32)C[C@H](O)[C@H]1COP(=O)(NCCNC(=O)CC/C=C\C/C=C\C/C=C\C/C=C\C/C=C\C/C=C\CC)OC. The van der Waals surface area contributed by atoms with E-state index in [1.807, 2.05) is 12.2 Å². The van der Waals surface area contributed by atoms with Crippen LogP contribution in [0.5, 0.6) is 0 Å². The number of hydrogen-bond donors (Lipinski definition) is 5. The van der Waals surface area contributed by atoms with Crippen LogP contribution < -0.4 is 21.7 Å². The summed E-state index contributed by atoms with van der Waals surface area (Å²) in [4.78, 5) is 35.1. The number of anilines is 1. The molecule has 2 aromatic rings. The number of nitrogens with two attached hydrogens (primary N) is 1. The second kappa shape index (κ2) is 22.6. The Bertz CT molecular complexity index is 1690. The van der Waals surface area contributed by atoms with Crippen LogP contribution in [0.15, 0.2) is 96.2 Å². The minimum absolute atomic E-state index is 0.0496. The zero-order chi connectivity index (χ0) is 36.9. The highest BCUT2D eigenvalue weighted by Crippen LogP contribution is 2.46. The molecule has 2 aromatic heterocycles. The molecular weight excluding hydrogens is 669 g/mol. The highest BCUT2D eigenvalue weighted by Gasteiger charge is 2.40. The first kappa shape index (κ1) is 41.3. The van der Waals surface area contributed by atoms with E-state index in [-0.39, 0.29) is 49.1 Å². The standard InChI is InChI=1S/C37H54N7O6P/c1-4-5-6-7-8-9-10-11-12-13-14-15-16-17-18-19-20-21-22-23-33(46)39-24-25-41-51(48,49-3)50-27-30-29(2)31(26-32(30)45)44-28-40-34-35(44)42-37(38)43-36(34)47/h5-6,8-9,11-12,14-15,17-18,20-21,28,30-32,45H,2,4,7,10,13,16,19,22-27H2,1,3H3,(H,39,46)(H,41,48)(H3,38,42,43,47)/b6-5-,9-8-,12-11-,15-14-,18-17-,21-20-/t30-,31?,32-,51?/m0/s1. The summed E-state index contributed by atoms with van der Waals surface area (Å²) in [5.41, 5.74) is 6.25. The van der Waals surface area contributed by atoms with E-state index in [9.17, 15) is 19.3 Å². The fourth-order valence-corrected chi connectivity index (χ4v) is 6.47. The number of aromatic nitrogens is 4. The van der Waals surface area contributed by atoms with Crippen molar-refractivity contribution in [3.05, 3.63) is 102 Å². The Morgan fingerprint density at radius 3 is 2.22 bits per heavy atom. The average Bonchev–Trinajstić information content (AvgIpc) is 3.65. The maximum atomic E-state index is 13.1. The van der Waals surface area contributed by atoms with E-state index in [2.05, 4.69) is 99.6 Å². The van der Waals surface area contributed by atoms with Gasteiger partial charge in [-0.15, -0.1) is 0 Å². The van der Waals surface area contributed by atoms with Crippen molar-refractivity contribution in [1.82, 2.24) is 29.9 Å². The smallest absolute Gasteiger partial charge is 0.392 e. The summed E-state index contributed by atoms with van der Waals surface area (Å²) >= 11 is 0. The fraction of sp³-hybridized carbons (Fsp3) is 0.459. The molecule has 6 N–H and O–H groups in total. The molecule has 2 heterocycles. The maximum absolute atomic E-state index is 13.1. The number of rotatable bonds is 23. The molecule has 278 valence electrons. The van der Waals surface area contributed by atoms with Gasteiger partial charge in [0.25, 0.3) is 5.56 Å². The first-order valence-corrected chi connectivity index (χ1v) is 19.0. The number of carbonyl (C=O) groups excluding carboxylic acids is 1. The molecule has 1 fully saturated rings. The lowest BCUT2D eigenvalue weighted by Gasteiger charge is -2.22. The van der Waals surface area contributed by atoms with Crippen molar-refractivity contribution in [2.24, 2.45) is 5.92 Å². The van der Waals surface area contributed by atoms with Crippen molar-refractivity contribution in [1.29, 1.82) is 0 Å². The van der Waals surface area contributed by atoms with Gasteiger partial charge < -0.3 is 25.2 Å². The highest BCUT2D eigenvalue weighted by molar-refractivity contribution is 7.51. The van der Waals surface area contributed by atoms with Gasteiger partial charge in [0.05, 0.1) is 25.1 Å². The summed E-state index contributed by atoms with van der Waals surface area (Å²) in [7, 11) is -2.47. The van der Waals surface area contributed by atoms with Crippen LogP contribution in [0, 0.1) is 5.92 Å². The predicted molar refractivity (Wildman–Crippen MR) is 204 cm³/mol. The van der Waals surface area contributed by atoms with Gasteiger partial charge in [-0.3, -0.25) is 19.1 Å². The molecule has 0 radical (unpaired) electrons. The zero-order valence-electron chi connectivity index (χ0n) is 29.8. The van der Waals surface area contributed by atoms with Gasteiger partial charge in [0.1, 0.15) is 0 Å². The second-order valence-electron chi connectivity index (χ2n) is 12.0. The number of amides is 1. The van der Waals surface area contributed by atoms with Gasteiger partial charge in [-0.05, 0) is 56.9 Å². The number of imidazole rings is 1. The largest absolute Gasteiger partial charge is 0.405 e. The van der Waals surface area contributed by atoms with Gasteiger partial charge in [-0.2, -0.15) is 4.98 Å². The summed E-state index contributed by atoms with van der Waals surface area (Å²) in [6.07, 6.45) is 33.2. The van der Waals surface area contributed by atoms with Gasteiger partial charge >= 0.3 is 7.75 Å². The number of aliphatic hydroxyl groups is 1. The first-order valence-electron chi connectivity index (χ1n) is 17.5. The van der Waals surface area contributed by atoms with E-state index in [0.717, 1.165) is 38.5 Å². The van der Waals surface area contributed by atoms with Crippen LogP contribution in [0.1, 0.15) is 70.8 Å². The number of nitrogens with zero attached hydrogens (tertiary/aromatic N) is 3. The number of H-pyrrole nitrogens is 1. The van der Waals surface area contributed by atoms with Crippen molar-refractivity contribution in [3.8, 4) is 0 Å². The lowest BCUT2D eigenvalue weighted by atomic mass is 10.0. The van der Waals surface area contributed by atoms with Crippen LogP contribution in [0.4, 0.5) is 5.95 Å². The Morgan fingerprint density at radius 2 is 1.63 bits per heavy atom. The van der Waals surface area contributed by atoms with Gasteiger partial charge in [-0.25, -0.2) is 14.6 Å². The van der Waals surface area contributed by atoms with Crippen LogP contribution in [0.25, 0.3) is 11.2 Å². The van der Waals surface area contributed by atoms with E-state index in [4.69, 9.17) is 14.8 Å². The summed E-state index contributed by atoms with van der Waals surface area (Å²) in [6.45, 7) is 6.51. The quantitative estimate of drug-likeness (QED) is 0.0507. The third kappa shape index (κ3) is 14.2. The van der Waals surface area contributed by atoms with Gasteiger partial charge in [0.2, 0.25) is 11.9 Å². The molecule has 1 aliphatic rings. The van der Waals surface area contributed by atoms with Gasteiger partial charge in [-0.1, -0.05) is 86.4 Å². The summed E-state index contributed by atoms with van der Waals surface area (Å²) in [5, 5.41) is 16.3. The highest BCUT2D eigenvalue weighted by atomic mass is 31.2. The van der Waals surface area contributed by atoms with Crippen molar-refractivity contribution in [2.45, 2.75) is 76.9 Å². The molecule has 51 heavy (non-hydrogen) atoms. The van der Waals surface area contributed by atoms with Gasteiger partial charge in [0, 0.05) is 32.5 Å². The molecule has 0 bridgehead atoms. The Kier molecular flexibility index (Phi) is 18.3. The average molecular weight is 724 g/mol. The molecule has 0 aromatic carbocycles. The number of nitrogens with one attached hydrogen (secondary N) is 3. The first-order chi connectivity index (χ1) is 24.7. The van der Waals surface area contributed by atoms with Gasteiger partial charge in [0.15, 0.2) is 11.2 Å². The normalized spacial score (nSPS) is 19.7. The van der Waals surface area contributed by atoms with E-state index in [0.29, 0.717) is 18.4 Å². The van der Waals surface area contributed by atoms with Crippen molar-refractivity contribution < 1.29 is 23.5 Å². The molecule has 2 unspecified atom stereocenters. The number of hydrogen-bond acceptors (Lipinski definition) is 9. The molecule has 13 nitrogen and oxygen atoms in total. The fourth-order valence-electron chi connectivity index (χ4n) is 5.40. The topological polar surface area (TPSA) is 186 Å². The number of aromatic amines is 1. The number of allylic oxidation sites excluding steroid dienone is 12.